The highest BCUT2D eigenvalue weighted by atomic mass is 16.5. The molecule has 2 N–H and O–H groups in total. The predicted octanol–water partition coefficient (Wildman–Crippen LogP) is 2.38. The number of methoxy groups -OCH3 is 1. The van der Waals surface area contributed by atoms with Crippen LogP contribution in [0.25, 0.3) is 0 Å². The molecule has 3 aliphatic carbocycles. The van der Waals surface area contributed by atoms with E-state index >= 15 is 0 Å². The Bertz CT molecular complexity index is 527. The average Bonchev–Trinajstić information content (AvgIpc) is 2.85. The van der Waals surface area contributed by atoms with Gasteiger partial charge in [-0.25, -0.2) is 0 Å². The van der Waals surface area contributed by atoms with Crippen molar-refractivity contribution in [1.29, 1.82) is 0 Å². The fraction of sp³-hybridized carbons (Fsp3) is 0.556. The van der Waals surface area contributed by atoms with E-state index in [1.54, 1.807) is 7.11 Å². The Morgan fingerprint density at radius 2 is 2.00 bits per heavy atom. The highest BCUT2D eigenvalue weighted by Gasteiger charge is 2.34. The quantitative estimate of drug-likeness (QED) is 0.838. The monoisotopic (exact) mass is 288 g/mol. The van der Waals surface area contributed by atoms with Crippen molar-refractivity contribution in [3.05, 3.63) is 47.1 Å². The van der Waals surface area contributed by atoms with Gasteiger partial charge < -0.3 is 14.9 Å². The van der Waals surface area contributed by atoms with Crippen LogP contribution in [0.15, 0.2) is 47.1 Å². The summed E-state index contributed by atoms with van der Waals surface area (Å²) in [5.41, 5.74) is 3.35. The molecule has 5 unspecified atom stereocenters. The van der Waals surface area contributed by atoms with Crippen molar-refractivity contribution in [2.45, 2.75) is 32.0 Å². The van der Waals surface area contributed by atoms with Crippen LogP contribution in [0.2, 0.25) is 0 Å². The van der Waals surface area contributed by atoms with Crippen LogP contribution in [-0.2, 0) is 4.74 Å². The lowest BCUT2D eigenvalue weighted by molar-refractivity contribution is 0.0896. The van der Waals surface area contributed by atoms with Gasteiger partial charge in [0.05, 0.1) is 18.8 Å². The van der Waals surface area contributed by atoms with E-state index in [4.69, 9.17) is 4.74 Å². The maximum atomic E-state index is 10.2. The van der Waals surface area contributed by atoms with Crippen LogP contribution in [0.1, 0.15) is 19.8 Å². The molecule has 0 bridgehead atoms. The van der Waals surface area contributed by atoms with Gasteiger partial charge in [0.1, 0.15) is 0 Å². The van der Waals surface area contributed by atoms with E-state index in [0.29, 0.717) is 12.5 Å². The van der Waals surface area contributed by atoms with Crippen molar-refractivity contribution in [1.82, 2.24) is 0 Å². The molecule has 5 atom stereocenters. The molecule has 0 saturated heterocycles. The van der Waals surface area contributed by atoms with E-state index in [9.17, 15) is 10.2 Å². The van der Waals surface area contributed by atoms with Gasteiger partial charge in [0.2, 0.25) is 0 Å². The maximum Gasteiger partial charge on any atom is 0.0835 e. The first kappa shape index (κ1) is 14.8. The third-order valence-electron chi connectivity index (χ3n) is 4.97. The number of allylic oxidation sites excluding steroid dienone is 5. The van der Waals surface area contributed by atoms with E-state index in [-0.39, 0.29) is 17.9 Å². The minimum absolute atomic E-state index is 0.0104. The fourth-order valence-corrected chi connectivity index (χ4v) is 3.74. The largest absolute Gasteiger partial charge is 0.392 e. The first-order chi connectivity index (χ1) is 10.1. The Hall–Kier alpha value is -1.16. The van der Waals surface area contributed by atoms with Gasteiger partial charge in [0.25, 0.3) is 0 Å². The molecular weight excluding hydrogens is 264 g/mol. The van der Waals surface area contributed by atoms with Gasteiger partial charge in [0.15, 0.2) is 0 Å². The van der Waals surface area contributed by atoms with E-state index < -0.39 is 6.10 Å². The molecule has 0 radical (unpaired) electrons. The Balaban J connectivity index is 1.85. The number of fused-ring (bicyclic) bond motifs is 1. The Labute approximate surface area is 126 Å². The Morgan fingerprint density at radius 3 is 2.76 bits per heavy atom. The highest BCUT2D eigenvalue weighted by Crippen LogP contribution is 2.40. The molecule has 0 aromatic heterocycles. The van der Waals surface area contributed by atoms with E-state index in [1.807, 2.05) is 6.92 Å². The molecule has 114 valence electrons. The zero-order valence-corrected chi connectivity index (χ0v) is 12.7. The van der Waals surface area contributed by atoms with Crippen molar-refractivity contribution in [3.8, 4) is 0 Å². The Kier molecular flexibility index (Phi) is 4.16. The third kappa shape index (κ3) is 2.78. The zero-order chi connectivity index (χ0) is 15.0. The van der Waals surface area contributed by atoms with E-state index in [2.05, 4.69) is 30.4 Å². The fourth-order valence-electron chi connectivity index (χ4n) is 3.74. The summed E-state index contributed by atoms with van der Waals surface area (Å²) in [4.78, 5) is 0. The van der Waals surface area contributed by atoms with Gasteiger partial charge in [0, 0.05) is 18.9 Å². The molecule has 21 heavy (non-hydrogen) atoms. The Morgan fingerprint density at radius 1 is 1.19 bits per heavy atom. The molecule has 3 aliphatic rings. The van der Waals surface area contributed by atoms with Crippen LogP contribution in [0.3, 0.4) is 0 Å². The summed E-state index contributed by atoms with van der Waals surface area (Å²) >= 11 is 0. The van der Waals surface area contributed by atoms with Crippen molar-refractivity contribution in [2.75, 3.05) is 13.7 Å². The number of ether oxygens (including phenoxy) is 1. The number of hydrogen-bond donors (Lipinski definition) is 2. The van der Waals surface area contributed by atoms with Crippen LogP contribution >= 0.6 is 0 Å². The number of rotatable bonds is 3. The van der Waals surface area contributed by atoms with Crippen molar-refractivity contribution in [2.24, 2.45) is 17.8 Å². The molecule has 1 saturated carbocycles. The molecule has 0 aliphatic heterocycles. The topological polar surface area (TPSA) is 49.7 Å². The van der Waals surface area contributed by atoms with Gasteiger partial charge in [-0.1, -0.05) is 30.4 Å². The van der Waals surface area contributed by atoms with E-state index in [1.165, 1.54) is 5.57 Å². The smallest absolute Gasteiger partial charge is 0.0835 e. The van der Waals surface area contributed by atoms with Gasteiger partial charge in [-0.05, 0) is 42.4 Å². The predicted molar refractivity (Wildman–Crippen MR) is 82.7 cm³/mol. The summed E-state index contributed by atoms with van der Waals surface area (Å²) in [6.45, 7) is 2.49. The SMILES string of the molecule is COCC1C=C(C2=CC3CCC(O)C3C=C2)C=C(C)C1O. The molecule has 0 aromatic carbocycles. The lowest BCUT2D eigenvalue weighted by Gasteiger charge is -2.28. The normalized spacial score (nSPS) is 38.7. The third-order valence-corrected chi connectivity index (χ3v) is 4.97. The van der Waals surface area contributed by atoms with Crippen LogP contribution in [0.5, 0.6) is 0 Å². The highest BCUT2D eigenvalue weighted by molar-refractivity contribution is 5.52. The molecule has 0 spiro atoms. The number of aliphatic hydroxyl groups is 2. The van der Waals surface area contributed by atoms with Crippen molar-refractivity contribution >= 4 is 0 Å². The lowest BCUT2D eigenvalue weighted by Crippen LogP contribution is -2.27. The van der Waals surface area contributed by atoms with Crippen LogP contribution < -0.4 is 0 Å². The average molecular weight is 288 g/mol. The first-order valence-corrected chi connectivity index (χ1v) is 7.75. The zero-order valence-electron chi connectivity index (χ0n) is 12.7. The molecule has 3 rings (SSSR count). The number of hydrogen-bond acceptors (Lipinski definition) is 3. The minimum atomic E-state index is -0.456. The first-order valence-electron chi connectivity index (χ1n) is 7.75. The molecule has 3 heteroatoms. The lowest BCUT2D eigenvalue weighted by atomic mass is 9.81. The van der Waals surface area contributed by atoms with Gasteiger partial charge in [-0.2, -0.15) is 0 Å². The van der Waals surface area contributed by atoms with Crippen molar-refractivity contribution < 1.29 is 14.9 Å². The second-order valence-electron chi connectivity index (χ2n) is 6.44. The summed E-state index contributed by atoms with van der Waals surface area (Å²) in [6, 6.07) is 0. The molecule has 0 aromatic rings. The summed E-state index contributed by atoms with van der Waals surface area (Å²) in [5, 5.41) is 20.2. The summed E-state index contributed by atoms with van der Waals surface area (Å²) in [5.74, 6) is 0.738. The summed E-state index contributed by atoms with van der Waals surface area (Å²) < 4.78 is 5.22. The van der Waals surface area contributed by atoms with E-state index in [0.717, 1.165) is 24.0 Å². The van der Waals surface area contributed by atoms with Crippen LogP contribution in [0.4, 0.5) is 0 Å². The molecule has 0 heterocycles. The van der Waals surface area contributed by atoms with Crippen LogP contribution in [0, 0.1) is 17.8 Å². The molecule has 3 nitrogen and oxygen atoms in total. The standard InChI is InChI=1S/C18H24O3/c1-11-7-14(9-15(10-21-2)18(11)20)12-3-5-16-13(8-12)4-6-17(16)19/h3,5,7-9,13,15-20H,4,6,10H2,1-2H3. The van der Waals surface area contributed by atoms with Gasteiger partial charge in [-0.15, -0.1) is 0 Å². The minimum Gasteiger partial charge on any atom is -0.392 e. The van der Waals surface area contributed by atoms with Gasteiger partial charge in [-0.3, -0.25) is 0 Å². The summed E-state index contributed by atoms with van der Waals surface area (Å²) in [7, 11) is 1.66. The molecule has 0 amide bonds. The maximum absolute atomic E-state index is 10.2. The second kappa shape index (κ2) is 5.91. The molecular formula is C18H24O3. The van der Waals surface area contributed by atoms with Gasteiger partial charge >= 0.3 is 0 Å². The second-order valence-corrected chi connectivity index (χ2v) is 6.44. The van der Waals surface area contributed by atoms with Crippen LogP contribution in [-0.4, -0.2) is 36.1 Å². The van der Waals surface area contributed by atoms with Crippen molar-refractivity contribution in [3.63, 3.8) is 0 Å². The summed E-state index contributed by atoms with van der Waals surface area (Å²) in [6.07, 6.45) is 12.0. The number of aliphatic hydroxyl groups excluding tert-OH is 2. The molecule has 1 fully saturated rings.